The number of halogens is 4. The summed E-state index contributed by atoms with van der Waals surface area (Å²) in [6.07, 6.45) is -3.01. The van der Waals surface area contributed by atoms with Crippen LogP contribution in [0.1, 0.15) is 37.5 Å². The van der Waals surface area contributed by atoms with Gasteiger partial charge in [-0.15, -0.1) is 5.10 Å². The van der Waals surface area contributed by atoms with Crippen molar-refractivity contribution < 1.29 is 17.6 Å². The lowest BCUT2D eigenvalue weighted by atomic mass is 9.81. The van der Waals surface area contributed by atoms with Crippen molar-refractivity contribution in [1.29, 1.82) is 0 Å². The second-order valence-corrected chi connectivity index (χ2v) is 4.31. The first-order valence-corrected chi connectivity index (χ1v) is 5.40. The zero-order valence-corrected chi connectivity index (χ0v) is 9.05. The van der Waals surface area contributed by atoms with E-state index in [-0.39, 0.29) is 24.1 Å². The molecule has 3 nitrogen and oxygen atoms in total. The van der Waals surface area contributed by atoms with Crippen LogP contribution in [0.4, 0.5) is 13.2 Å². The van der Waals surface area contributed by atoms with Crippen LogP contribution in [0.5, 0.6) is 0 Å². The summed E-state index contributed by atoms with van der Waals surface area (Å²) in [5, 5.41) is 7.12. The molecule has 0 radical (unpaired) electrons. The van der Waals surface area contributed by atoms with Crippen LogP contribution in [0.3, 0.4) is 0 Å². The molecule has 0 amide bonds. The van der Waals surface area contributed by atoms with Gasteiger partial charge in [-0.2, -0.15) is 13.2 Å². The molecular weight excluding hydrogens is 245 g/mol. The van der Waals surface area contributed by atoms with Crippen molar-refractivity contribution in [2.24, 2.45) is 5.92 Å². The van der Waals surface area contributed by atoms with Crippen LogP contribution in [0.25, 0.3) is 0 Å². The van der Waals surface area contributed by atoms with Crippen molar-refractivity contribution in [2.45, 2.75) is 37.8 Å². The number of hydrogen-bond donors (Lipinski definition) is 0. The standard InChI is InChI=1S/C9H10ClF3N2O/c10-8-15-14-7(16-8)5-1-3-6(4-2-5)9(11,12)13/h5-6H,1-4H2. The summed E-state index contributed by atoms with van der Waals surface area (Å²) in [7, 11) is 0. The molecule has 1 aromatic heterocycles. The third kappa shape index (κ3) is 2.48. The van der Waals surface area contributed by atoms with E-state index in [4.69, 9.17) is 16.0 Å². The second-order valence-electron chi connectivity index (χ2n) is 3.98. The van der Waals surface area contributed by atoms with Crippen LogP contribution in [0, 0.1) is 5.92 Å². The fourth-order valence-corrected chi connectivity index (χ4v) is 2.17. The normalized spacial score (nSPS) is 27.0. The lowest BCUT2D eigenvalue weighted by Gasteiger charge is -2.27. The van der Waals surface area contributed by atoms with Gasteiger partial charge in [0.15, 0.2) is 0 Å². The van der Waals surface area contributed by atoms with E-state index in [1.807, 2.05) is 0 Å². The highest BCUT2D eigenvalue weighted by molar-refractivity contribution is 6.27. The molecule has 0 bridgehead atoms. The van der Waals surface area contributed by atoms with Crippen LogP contribution >= 0.6 is 11.6 Å². The van der Waals surface area contributed by atoms with Gasteiger partial charge in [0.25, 0.3) is 0 Å². The SMILES string of the molecule is FC(F)(F)C1CCC(c2nnc(Cl)o2)CC1. The maximum absolute atomic E-state index is 12.4. The molecule has 0 spiro atoms. The highest BCUT2D eigenvalue weighted by Gasteiger charge is 2.42. The minimum Gasteiger partial charge on any atom is -0.412 e. The number of hydrogen-bond acceptors (Lipinski definition) is 3. The molecule has 90 valence electrons. The fraction of sp³-hybridized carbons (Fsp3) is 0.778. The molecule has 1 heterocycles. The summed E-state index contributed by atoms with van der Waals surface area (Å²) in [6.45, 7) is 0. The molecule has 0 saturated heterocycles. The molecule has 1 aliphatic rings. The predicted molar refractivity (Wildman–Crippen MR) is 50.1 cm³/mol. The monoisotopic (exact) mass is 254 g/mol. The molecule has 0 N–H and O–H groups in total. The molecule has 0 aliphatic heterocycles. The Kier molecular flexibility index (Phi) is 3.10. The lowest BCUT2D eigenvalue weighted by molar-refractivity contribution is -0.182. The average molecular weight is 255 g/mol. The number of aromatic nitrogens is 2. The van der Waals surface area contributed by atoms with Crippen molar-refractivity contribution in [2.75, 3.05) is 0 Å². The Hall–Kier alpha value is -0.780. The van der Waals surface area contributed by atoms with Gasteiger partial charge < -0.3 is 4.42 Å². The predicted octanol–water partition coefficient (Wildman–Crippen LogP) is 3.56. The van der Waals surface area contributed by atoms with Gasteiger partial charge in [-0.3, -0.25) is 0 Å². The van der Waals surface area contributed by atoms with E-state index < -0.39 is 12.1 Å². The summed E-state index contributed by atoms with van der Waals surface area (Å²) in [5.41, 5.74) is 0. The van der Waals surface area contributed by atoms with E-state index in [1.165, 1.54) is 0 Å². The quantitative estimate of drug-likeness (QED) is 0.769. The smallest absolute Gasteiger partial charge is 0.391 e. The summed E-state index contributed by atoms with van der Waals surface area (Å²) < 4.78 is 42.2. The van der Waals surface area contributed by atoms with Gasteiger partial charge >= 0.3 is 11.5 Å². The third-order valence-corrected chi connectivity index (χ3v) is 3.11. The summed E-state index contributed by atoms with van der Waals surface area (Å²) in [4.78, 5) is 0. The van der Waals surface area contributed by atoms with Crippen LogP contribution < -0.4 is 0 Å². The van der Waals surface area contributed by atoms with Crippen LogP contribution in [0.2, 0.25) is 5.35 Å². The first kappa shape index (κ1) is 11.7. The zero-order chi connectivity index (χ0) is 11.8. The largest absolute Gasteiger partial charge is 0.412 e. The number of nitrogens with zero attached hydrogens (tertiary/aromatic N) is 2. The van der Waals surface area contributed by atoms with Gasteiger partial charge in [0.1, 0.15) is 0 Å². The first-order chi connectivity index (χ1) is 7.47. The molecule has 1 saturated carbocycles. The van der Waals surface area contributed by atoms with Crippen molar-refractivity contribution >= 4 is 11.6 Å². The molecule has 0 unspecified atom stereocenters. The first-order valence-electron chi connectivity index (χ1n) is 5.02. The molecule has 0 atom stereocenters. The van der Waals surface area contributed by atoms with E-state index in [0.29, 0.717) is 18.7 Å². The van der Waals surface area contributed by atoms with Crippen molar-refractivity contribution in [3.05, 3.63) is 11.2 Å². The zero-order valence-electron chi connectivity index (χ0n) is 8.30. The number of alkyl halides is 3. The van der Waals surface area contributed by atoms with Gasteiger partial charge in [-0.05, 0) is 37.3 Å². The Morgan fingerprint density at radius 3 is 2.19 bits per heavy atom. The van der Waals surface area contributed by atoms with Gasteiger partial charge in [0.2, 0.25) is 5.89 Å². The minimum atomic E-state index is -4.09. The van der Waals surface area contributed by atoms with Crippen LogP contribution in [-0.4, -0.2) is 16.4 Å². The van der Waals surface area contributed by atoms with Gasteiger partial charge in [-0.1, -0.05) is 5.10 Å². The van der Waals surface area contributed by atoms with Crippen molar-refractivity contribution in [1.82, 2.24) is 10.2 Å². The van der Waals surface area contributed by atoms with Gasteiger partial charge in [0, 0.05) is 5.92 Å². The highest BCUT2D eigenvalue weighted by atomic mass is 35.5. The lowest BCUT2D eigenvalue weighted by Crippen LogP contribution is -2.27. The average Bonchev–Trinajstić information content (AvgIpc) is 2.64. The van der Waals surface area contributed by atoms with E-state index >= 15 is 0 Å². The van der Waals surface area contributed by atoms with Crippen molar-refractivity contribution in [3.63, 3.8) is 0 Å². The molecule has 0 aromatic carbocycles. The molecule has 1 aromatic rings. The van der Waals surface area contributed by atoms with Gasteiger partial charge in [-0.25, -0.2) is 0 Å². The Balaban J connectivity index is 1.95. The molecule has 1 fully saturated rings. The molecule has 2 rings (SSSR count). The van der Waals surface area contributed by atoms with Crippen molar-refractivity contribution in [3.8, 4) is 0 Å². The minimum absolute atomic E-state index is 0.0621. The second kappa shape index (κ2) is 4.24. The summed E-state index contributed by atoms with van der Waals surface area (Å²) in [6, 6.07) is 0. The van der Waals surface area contributed by atoms with Crippen LogP contribution in [-0.2, 0) is 0 Å². The number of rotatable bonds is 1. The third-order valence-electron chi connectivity index (χ3n) is 2.96. The van der Waals surface area contributed by atoms with E-state index in [0.717, 1.165) is 0 Å². The topological polar surface area (TPSA) is 38.9 Å². The Morgan fingerprint density at radius 1 is 1.12 bits per heavy atom. The molecule has 1 aliphatic carbocycles. The van der Waals surface area contributed by atoms with E-state index in [9.17, 15) is 13.2 Å². The highest BCUT2D eigenvalue weighted by Crippen LogP contribution is 2.42. The maximum atomic E-state index is 12.4. The Labute approximate surface area is 95.0 Å². The maximum Gasteiger partial charge on any atom is 0.391 e. The van der Waals surface area contributed by atoms with E-state index in [2.05, 4.69) is 10.2 Å². The molecule has 7 heteroatoms. The fourth-order valence-electron chi connectivity index (χ4n) is 2.05. The molecular formula is C9H10ClF3N2O. The van der Waals surface area contributed by atoms with Gasteiger partial charge in [0.05, 0.1) is 5.92 Å². The summed E-state index contributed by atoms with van der Waals surface area (Å²) in [5.74, 6) is -0.925. The summed E-state index contributed by atoms with van der Waals surface area (Å²) >= 11 is 5.46. The van der Waals surface area contributed by atoms with E-state index in [1.54, 1.807) is 0 Å². The van der Waals surface area contributed by atoms with Crippen LogP contribution in [0.15, 0.2) is 4.42 Å². The Morgan fingerprint density at radius 2 is 1.75 bits per heavy atom. The molecule has 16 heavy (non-hydrogen) atoms. The Bertz CT molecular complexity index is 358.